The van der Waals surface area contributed by atoms with E-state index in [1.54, 1.807) is 49.9 Å². The minimum absolute atomic E-state index is 0.0825. The molecule has 1 fully saturated rings. The number of carbonyl (C=O) groups excluding carboxylic acids is 3. The molecule has 3 N–H and O–H groups in total. The Morgan fingerprint density at radius 1 is 1.05 bits per heavy atom. The highest BCUT2D eigenvalue weighted by molar-refractivity contribution is 8.01. The molecule has 1 heterocycles. The van der Waals surface area contributed by atoms with Crippen molar-refractivity contribution in [2.75, 3.05) is 11.4 Å². The topological polar surface area (TPSA) is 102 Å². The summed E-state index contributed by atoms with van der Waals surface area (Å²) in [5.74, 6) is 1.86. The van der Waals surface area contributed by atoms with Crippen LogP contribution >= 0.6 is 11.8 Å². The van der Waals surface area contributed by atoms with Crippen LogP contribution in [-0.2, 0) is 9.53 Å². The fourth-order valence-corrected chi connectivity index (χ4v) is 5.38. The quantitative estimate of drug-likeness (QED) is 0.352. The number of amides is 3. The van der Waals surface area contributed by atoms with Gasteiger partial charge in [0.2, 0.25) is 11.8 Å². The number of nitrogens with one attached hydrogen (secondary N) is 1. The van der Waals surface area contributed by atoms with E-state index in [4.69, 9.17) is 16.9 Å². The number of carbonyl (C=O) groups is 3. The van der Waals surface area contributed by atoms with Crippen LogP contribution in [0.4, 0.5) is 10.5 Å². The molecule has 1 saturated heterocycles. The maximum atomic E-state index is 13.4. The molecule has 5 rings (SSSR count). The molecule has 38 heavy (non-hydrogen) atoms. The molecule has 0 aromatic heterocycles. The molecular weight excluding hydrogens is 498 g/mol. The van der Waals surface area contributed by atoms with E-state index in [2.05, 4.69) is 35.5 Å². The number of anilines is 1. The van der Waals surface area contributed by atoms with Crippen molar-refractivity contribution in [3.05, 3.63) is 89.5 Å². The molecule has 2 aromatic carbocycles. The number of rotatable bonds is 5. The van der Waals surface area contributed by atoms with E-state index < -0.39 is 28.2 Å². The molecule has 7 nitrogen and oxygen atoms in total. The Morgan fingerprint density at radius 3 is 2.26 bits per heavy atom. The number of alkyl carbamates (subject to hydrolysis) is 1. The second-order valence-electron chi connectivity index (χ2n) is 9.79. The van der Waals surface area contributed by atoms with Crippen LogP contribution in [0, 0.1) is 12.3 Å². The maximum absolute atomic E-state index is 13.4. The van der Waals surface area contributed by atoms with Crippen molar-refractivity contribution in [3.63, 3.8) is 0 Å². The molecule has 3 amide bonds. The molecule has 0 saturated carbocycles. The highest BCUT2D eigenvalue weighted by Crippen LogP contribution is 2.46. The number of nitrogens with two attached hydrogens (primary N) is 1. The predicted molar refractivity (Wildman–Crippen MR) is 151 cm³/mol. The van der Waals surface area contributed by atoms with Crippen LogP contribution in [0.15, 0.2) is 72.8 Å². The highest BCUT2D eigenvalue weighted by Gasteiger charge is 2.43. The average molecular weight is 528 g/mol. The summed E-state index contributed by atoms with van der Waals surface area (Å²) in [6.07, 6.45) is 5.10. The summed E-state index contributed by atoms with van der Waals surface area (Å²) >= 11 is 1.37. The van der Waals surface area contributed by atoms with Gasteiger partial charge in [0, 0.05) is 28.9 Å². The van der Waals surface area contributed by atoms with Crippen LogP contribution in [0.25, 0.3) is 11.1 Å². The smallest absolute Gasteiger partial charge is 0.407 e. The molecule has 2 aromatic rings. The number of thioether (sulfide) groups is 1. The minimum atomic E-state index is -0.646. The Bertz CT molecular complexity index is 1380. The lowest BCUT2D eigenvalue weighted by atomic mass is 9.95. The van der Waals surface area contributed by atoms with Crippen LogP contribution < -0.4 is 16.0 Å². The van der Waals surface area contributed by atoms with Gasteiger partial charge >= 0.3 is 6.09 Å². The van der Waals surface area contributed by atoms with Gasteiger partial charge in [0.15, 0.2) is 0 Å². The summed E-state index contributed by atoms with van der Waals surface area (Å²) < 4.78 is 5.27. The maximum Gasteiger partial charge on any atom is 0.407 e. The minimum Gasteiger partial charge on any atom is -0.444 e. The van der Waals surface area contributed by atoms with Crippen molar-refractivity contribution in [2.24, 2.45) is 5.73 Å². The van der Waals surface area contributed by atoms with E-state index in [1.165, 1.54) is 22.9 Å². The number of terminal acetylenes is 1. The zero-order chi connectivity index (χ0) is 27.4. The number of hydrogen-bond donors (Lipinski definition) is 2. The second kappa shape index (κ2) is 11.0. The Hall–Kier alpha value is -4.22. The standard InChI is InChI=1S/C24H25N3O4S.C6H4/c1-5-15-9-6-7-12-18(15)22-27(17-11-8-10-16(13-17)20(25)28)21(29)19(32-22)14-26-23(30)31-24(2,3)4;1-2-6-4-3-5(1)6/h1,6-13,19,22H,14H2,2-4H3,(H2,25,28)(H,26,30);1-4H/t19-,22+;/m1./s1. The lowest BCUT2D eigenvalue weighted by Crippen LogP contribution is -2.40. The Balaban J connectivity index is 0.000000483. The SMILES string of the molecule is C#Cc1ccccc1[C@@H]1S[C@H](CNC(=O)OC(C)(C)C)C(=O)N1c1cccc(C(N)=O)c1.c1cc2ccc1-2. The van der Waals surface area contributed by atoms with Crippen molar-refractivity contribution in [1.29, 1.82) is 0 Å². The average Bonchev–Trinajstić information content (AvgIpc) is 3.20. The summed E-state index contributed by atoms with van der Waals surface area (Å²) in [5.41, 5.74) is 9.90. The van der Waals surface area contributed by atoms with Crippen LogP contribution in [0.5, 0.6) is 0 Å². The van der Waals surface area contributed by atoms with Crippen molar-refractivity contribution >= 4 is 35.4 Å². The zero-order valence-corrected chi connectivity index (χ0v) is 22.2. The fraction of sp³-hybridized carbons (Fsp3) is 0.233. The summed E-state index contributed by atoms with van der Waals surface area (Å²) in [6.45, 7) is 5.38. The first-order valence-corrected chi connectivity index (χ1v) is 13.0. The molecule has 3 aliphatic rings. The van der Waals surface area contributed by atoms with Crippen molar-refractivity contribution in [2.45, 2.75) is 37.0 Å². The summed E-state index contributed by atoms with van der Waals surface area (Å²) in [7, 11) is 0. The lowest BCUT2D eigenvalue weighted by molar-refractivity contribution is -0.117. The van der Waals surface area contributed by atoms with Crippen LogP contribution in [0.1, 0.15) is 47.6 Å². The van der Waals surface area contributed by atoms with Crippen LogP contribution in [-0.4, -0.2) is 35.3 Å². The van der Waals surface area contributed by atoms with Crippen molar-refractivity contribution < 1.29 is 19.1 Å². The number of fused-ring (bicyclic) bond motifs is 1. The number of primary amides is 1. The summed E-state index contributed by atoms with van der Waals surface area (Å²) in [4.78, 5) is 38.8. The highest BCUT2D eigenvalue weighted by atomic mass is 32.2. The van der Waals surface area contributed by atoms with Crippen molar-refractivity contribution in [1.82, 2.24) is 5.32 Å². The van der Waals surface area contributed by atoms with Gasteiger partial charge in [-0.15, -0.1) is 18.2 Å². The van der Waals surface area contributed by atoms with Gasteiger partial charge in [-0.25, -0.2) is 4.79 Å². The second-order valence-corrected chi connectivity index (χ2v) is 11.1. The normalized spacial score (nSPS) is 17.1. The van der Waals surface area contributed by atoms with Gasteiger partial charge in [0.05, 0.1) is 0 Å². The van der Waals surface area contributed by atoms with Gasteiger partial charge in [0.1, 0.15) is 16.2 Å². The van der Waals surface area contributed by atoms with E-state index >= 15 is 0 Å². The molecule has 0 radical (unpaired) electrons. The van der Waals surface area contributed by atoms with E-state index in [1.807, 2.05) is 24.3 Å². The van der Waals surface area contributed by atoms with E-state index in [-0.39, 0.29) is 12.5 Å². The van der Waals surface area contributed by atoms with Crippen molar-refractivity contribution in [3.8, 4) is 23.5 Å². The number of benzene rings is 3. The zero-order valence-electron chi connectivity index (χ0n) is 21.4. The first kappa shape index (κ1) is 26.8. The van der Waals surface area contributed by atoms with Crippen LogP contribution in [0.2, 0.25) is 0 Å². The molecule has 8 heteroatoms. The largest absolute Gasteiger partial charge is 0.444 e. The molecule has 2 atom stereocenters. The van der Waals surface area contributed by atoms with Gasteiger partial charge in [0.25, 0.3) is 0 Å². The summed E-state index contributed by atoms with van der Waals surface area (Å²) in [5, 5.41) is 1.65. The van der Waals surface area contributed by atoms with E-state index in [0.29, 0.717) is 16.8 Å². The lowest BCUT2D eigenvalue weighted by Gasteiger charge is -2.25. The molecule has 0 unspecified atom stereocenters. The first-order chi connectivity index (χ1) is 18.1. The van der Waals surface area contributed by atoms with E-state index in [9.17, 15) is 14.4 Å². The molecule has 194 valence electrons. The monoisotopic (exact) mass is 527 g/mol. The molecule has 0 bridgehead atoms. The fourth-order valence-electron chi connectivity index (χ4n) is 3.96. The summed E-state index contributed by atoms with van der Waals surface area (Å²) in [6, 6.07) is 22.4. The van der Waals surface area contributed by atoms with E-state index in [0.717, 1.165) is 5.56 Å². The van der Waals surface area contributed by atoms with Gasteiger partial charge in [-0.2, -0.15) is 0 Å². The Kier molecular flexibility index (Phi) is 7.79. The first-order valence-electron chi connectivity index (χ1n) is 12.1. The van der Waals surface area contributed by atoms with Gasteiger partial charge in [-0.1, -0.05) is 54.5 Å². The number of hydrogen-bond acceptors (Lipinski definition) is 5. The molecular formula is C30H29N3O4S. The predicted octanol–water partition coefficient (Wildman–Crippen LogP) is 5.11. The third kappa shape index (κ3) is 6.01. The Morgan fingerprint density at radius 2 is 1.71 bits per heavy atom. The third-order valence-corrected chi connectivity index (χ3v) is 7.30. The molecule has 2 aliphatic carbocycles. The number of nitrogens with zero attached hydrogens (tertiary/aromatic N) is 1. The molecule has 1 aliphatic heterocycles. The third-order valence-electron chi connectivity index (χ3n) is 5.88. The Labute approximate surface area is 226 Å². The van der Waals surface area contributed by atoms with Gasteiger partial charge in [-0.3, -0.25) is 14.5 Å². The van der Waals surface area contributed by atoms with Gasteiger partial charge in [-0.05, 0) is 56.2 Å². The number of ether oxygens (including phenoxy) is 1. The van der Waals surface area contributed by atoms with Gasteiger partial charge < -0.3 is 15.8 Å². The molecule has 0 spiro atoms. The van der Waals surface area contributed by atoms with Crippen LogP contribution in [0.3, 0.4) is 0 Å².